The van der Waals surface area contributed by atoms with Gasteiger partial charge in [-0.3, -0.25) is 0 Å². The molecule has 3 rings (SSSR count). The lowest BCUT2D eigenvalue weighted by Gasteiger charge is -2.08. The number of pyridine rings is 1. The van der Waals surface area contributed by atoms with Crippen LogP contribution in [0.4, 0.5) is 5.82 Å². The summed E-state index contributed by atoms with van der Waals surface area (Å²) in [6, 6.07) is 4.81. The number of anilines is 1. The van der Waals surface area contributed by atoms with Gasteiger partial charge < -0.3 is 10.6 Å². The monoisotopic (exact) mass is 189 g/mol. The van der Waals surface area contributed by atoms with Crippen LogP contribution in [0.2, 0.25) is 0 Å². The molecule has 14 heavy (non-hydrogen) atoms. The van der Waals surface area contributed by atoms with Gasteiger partial charge >= 0.3 is 0 Å². The Kier molecular flexibility index (Phi) is 1.74. The summed E-state index contributed by atoms with van der Waals surface area (Å²) in [5.74, 6) is 2.72. The summed E-state index contributed by atoms with van der Waals surface area (Å²) in [6.45, 7) is 4.45. The van der Waals surface area contributed by atoms with Crippen molar-refractivity contribution in [3.05, 3.63) is 23.9 Å². The average molecular weight is 189 g/mol. The van der Waals surface area contributed by atoms with Crippen LogP contribution in [-0.2, 0) is 0 Å². The van der Waals surface area contributed by atoms with E-state index in [9.17, 15) is 0 Å². The highest BCUT2D eigenvalue weighted by molar-refractivity contribution is 5.41. The SMILES string of the molecule is Cc1ccnc(NC2C3CNCC32)c1. The van der Waals surface area contributed by atoms with E-state index in [1.807, 2.05) is 12.3 Å². The van der Waals surface area contributed by atoms with Crippen LogP contribution in [0.1, 0.15) is 5.56 Å². The number of aryl methyl sites for hydroxylation is 1. The zero-order valence-electron chi connectivity index (χ0n) is 8.33. The molecule has 1 aliphatic carbocycles. The van der Waals surface area contributed by atoms with Crippen molar-refractivity contribution in [1.29, 1.82) is 0 Å². The second kappa shape index (κ2) is 2.95. The van der Waals surface area contributed by atoms with Crippen LogP contribution in [0, 0.1) is 18.8 Å². The number of fused-ring (bicyclic) bond motifs is 1. The van der Waals surface area contributed by atoms with Gasteiger partial charge in [0.05, 0.1) is 0 Å². The molecule has 0 amide bonds. The fraction of sp³-hybridized carbons (Fsp3) is 0.545. The molecule has 2 unspecified atom stereocenters. The Balaban J connectivity index is 1.68. The summed E-state index contributed by atoms with van der Waals surface area (Å²) in [6.07, 6.45) is 1.87. The van der Waals surface area contributed by atoms with Crippen LogP contribution in [-0.4, -0.2) is 24.1 Å². The predicted octanol–water partition coefficient (Wildman–Crippen LogP) is 1.02. The zero-order chi connectivity index (χ0) is 9.54. The van der Waals surface area contributed by atoms with Crippen molar-refractivity contribution < 1.29 is 0 Å². The minimum absolute atomic E-state index is 0.672. The maximum absolute atomic E-state index is 4.32. The topological polar surface area (TPSA) is 37.0 Å². The lowest BCUT2D eigenvalue weighted by atomic mass is 10.3. The van der Waals surface area contributed by atoms with Crippen molar-refractivity contribution in [1.82, 2.24) is 10.3 Å². The van der Waals surface area contributed by atoms with Crippen LogP contribution in [0.15, 0.2) is 18.3 Å². The first kappa shape index (κ1) is 8.24. The molecule has 1 aromatic heterocycles. The van der Waals surface area contributed by atoms with Crippen molar-refractivity contribution in [2.75, 3.05) is 18.4 Å². The highest BCUT2D eigenvalue weighted by Crippen LogP contribution is 2.43. The van der Waals surface area contributed by atoms with Gasteiger partial charge in [0.15, 0.2) is 0 Å². The maximum atomic E-state index is 4.32. The molecule has 0 bridgehead atoms. The van der Waals surface area contributed by atoms with Gasteiger partial charge in [0, 0.05) is 25.3 Å². The lowest BCUT2D eigenvalue weighted by molar-refractivity contribution is 0.695. The van der Waals surface area contributed by atoms with Gasteiger partial charge in [-0.15, -0.1) is 0 Å². The zero-order valence-corrected chi connectivity index (χ0v) is 8.33. The van der Waals surface area contributed by atoms with Gasteiger partial charge in [-0.25, -0.2) is 4.98 Å². The summed E-state index contributed by atoms with van der Waals surface area (Å²) in [7, 11) is 0. The Hall–Kier alpha value is -1.09. The molecule has 0 spiro atoms. The Morgan fingerprint density at radius 3 is 2.93 bits per heavy atom. The molecule has 2 fully saturated rings. The Bertz CT molecular complexity index is 340. The van der Waals surface area contributed by atoms with Crippen LogP contribution in [0.25, 0.3) is 0 Å². The van der Waals surface area contributed by atoms with Gasteiger partial charge in [0.25, 0.3) is 0 Å². The van der Waals surface area contributed by atoms with Crippen molar-refractivity contribution in [2.45, 2.75) is 13.0 Å². The second-order valence-corrected chi connectivity index (χ2v) is 4.37. The Labute approximate surface area is 83.9 Å². The average Bonchev–Trinajstić information content (AvgIpc) is 2.62. The van der Waals surface area contributed by atoms with Gasteiger partial charge in [0.1, 0.15) is 5.82 Å². The molecular formula is C11H15N3. The lowest BCUT2D eigenvalue weighted by Crippen LogP contribution is -2.21. The summed E-state index contributed by atoms with van der Waals surface area (Å²) in [5, 5.41) is 6.90. The van der Waals surface area contributed by atoms with Crippen molar-refractivity contribution in [3.8, 4) is 0 Å². The van der Waals surface area contributed by atoms with E-state index in [1.165, 1.54) is 18.7 Å². The number of hydrogen-bond donors (Lipinski definition) is 2. The largest absolute Gasteiger partial charge is 0.367 e. The number of hydrogen-bond acceptors (Lipinski definition) is 3. The van der Waals surface area contributed by atoms with Crippen LogP contribution in [0.5, 0.6) is 0 Å². The normalized spacial score (nSPS) is 33.9. The Morgan fingerprint density at radius 1 is 1.43 bits per heavy atom. The Morgan fingerprint density at radius 2 is 2.21 bits per heavy atom. The maximum Gasteiger partial charge on any atom is 0.126 e. The fourth-order valence-electron chi connectivity index (χ4n) is 2.42. The van der Waals surface area contributed by atoms with E-state index in [0.29, 0.717) is 6.04 Å². The smallest absolute Gasteiger partial charge is 0.126 e. The van der Waals surface area contributed by atoms with Gasteiger partial charge in [-0.2, -0.15) is 0 Å². The molecule has 2 atom stereocenters. The third-order valence-electron chi connectivity index (χ3n) is 3.32. The van der Waals surface area contributed by atoms with E-state index in [-0.39, 0.29) is 0 Å². The number of piperidine rings is 1. The van der Waals surface area contributed by atoms with E-state index >= 15 is 0 Å². The van der Waals surface area contributed by atoms with Crippen molar-refractivity contribution in [3.63, 3.8) is 0 Å². The second-order valence-electron chi connectivity index (χ2n) is 4.37. The molecule has 0 radical (unpaired) electrons. The number of nitrogens with one attached hydrogen (secondary N) is 2. The summed E-state index contributed by atoms with van der Waals surface area (Å²) in [5.41, 5.74) is 1.27. The predicted molar refractivity (Wildman–Crippen MR) is 56.2 cm³/mol. The van der Waals surface area contributed by atoms with Gasteiger partial charge in [-0.1, -0.05) is 0 Å². The van der Waals surface area contributed by atoms with E-state index in [4.69, 9.17) is 0 Å². The minimum Gasteiger partial charge on any atom is -0.367 e. The van der Waals surface area contributed by atoms with Crippen molar-refractivity contribution >= 4 is 5.82 Å². The molecule has 2 N–H and O–H groups in total. The first-order valence-electron chi connectivity index (χ1n) is 5.24. The molecule has 1 aliphatic heterocycles. The van der Waals surface area contributed by atoms with E-state index < -0.39 is 0 Å². The number of rotatable bonds is 2. The minimum atomic E-state index is 0.672. The van der Waals surface area contributed by atoms with E-state index in [1.54, 1.807) is 0 Å². The van der Waals surface area contributed by atoms with Crippen LogP contribution < -0.4 is 10.6 Å². The molecule has 1 saturated heterocycles. The van der Waals surface area contributed by atoms with Gasteiger partial charge in [-0.05, 0) is 36.5 Å². The summed E-state index contributed by atoms with van der Waals surface area (Å²) in [4.78, 5) is 4.32. The molecule has 2 aliphatic rings. The number of nitrogens with zero attached hydrogens (tertiary/aromatic N) is 1. The highest BCUT2D eigenvalue weighted by atomic mass is 15.1. The standard InChI is InChI=1S/C11H15N3/c1-7-2-3-13-10(4-7)14-11-8-5-12-6-9(8)11/h2-4,8-9,11-12H,5-6H2,1H3,(H,13,14). The third kappa shape index (κ3) is 1.28. The molecule has 1 aromatic rings. The summed E-state index contributed by atoms with van der Waals surface area (Å²) < 4.78 is 0. The molecular weight excluding hydrogens is 174 g/mol. The molecule has 0 aromatic carbocycles. The van der Waals surface area contributed by atoms with Crippen LogP contribution >= 0.6 is 0 Å². The van der Waals surface area contributed by atoms with Crippen molar-refractivity contribution in [2.24, 2.45) is 11.8 Å². The number of aromatic nitrogens is 1. The highest BCUT2D eigenvalue weighted by Gasteiger charge is 2.52. The quantitative estimate of drug-likeness (QED) is 0.729. The molecule has 2 heterocycles. The fourth-order valence-corrected chi connectivity index (χ4v) is 2.42. The van der Waals surface area contributed by atoms with E-state index in [2.05, 4.69) is 28.6 Å². The summed E-state index contributed by atoms with van der Waals surface area (Å²) >= 11 is 0. The molecule has 3 nitrogen and oxygen atoms in total. The molecule has 3 heteroatoms. The first-order valence-corrected chi connectivity index (χ1v) is 5.24. The molecule has 74 valence electrons. The first-order chi connectivity index (χ1) is 6.84. The molecule has 1 saturated carbocycles. The van der Waals surface area contributed by atoms with Crippen LogP contribution in [0.3, 0.4) is 0 Å². The van der Waals surface area contributed by atoms with E-state index in [0.717, 1.165) is 17.7 Å². The van der Waals surface area contributed by atoms with Gasteiger partial charge in [0.2, 0.25) is 0 Å². The third-order valence-corrected chi connectivity index (χ3v) is 3.32.